The van der Waals surface area contributed by atoms with Crippen molar-refractivity contribution < 1.29 is 14.3 Å². The molecule has 0 aromatic carbocycles. The first-order valence-electron chi connectivity index (χ1n) is 6.14. The van der Waals surface area contributed by atoms with Crippen LogP contribution in [-0.2, 0) is 4.74 Å². The van der Waals surface area contributed by atoms with E-state index in [1.165, 1.54) is 0 Å². The Morgan fingerprint density at radius 2 is 2.22 bits per heavy atom. The van der Waals surface area contributed by atoms with E-state index in [9.17, 15) is 4.79 Å². The Labute approximate surface area is 106 Å². The molecule has 1 fully saturated rings. The van der Waals surface area contributed by atoms with Crippen LogP contribution in [0.5, 0.6) is 5.88 Å². The van der Waals surface area contributed by atoms with Crippen molar-refractivity contribution in [2.75, 3.05) is 19.7 Å². The summed E-state index contributed by atoms with van der Waals surface area (Å²) in [5, 5.41) is 0. The van der Waals surface area contributed by atoms with Crippen molar-refractivity contribution in [1.29, 1.82) is 0 Å². The molecule has 0 saturated carbocycles. The first-order chi connectivity index (χ1) is 8.79. The predicted molar refractivity (Wildman–Crippen MR) is 64.3 cm³/mol. The highest BCUT2D eigenvalue weighted by Crippen LogP contribution is 2.16. The third kappa shape index (κ3) is 3.32. The van der Waals surface area contributed by atoms with Gasteiger partial charge in [-0.2, -0.15) is 0 Å². The third-order valence-electron chi connectivity index (χ3n) is 2.79. The highest BCUT2D eigenvalue weighted by Gasteiger charge is 2.24. The molecule has 1 amide bonds. The van der Waals surface area contributed by atoms with Crippen molar-refractivity contribution in [2.24, 2.45) is 0 Å². The van der Waals surface area contributed by atoms with Crippen LogP contribution in [0.25, 0.3) is 0 Å². The van der Waals surface area contributed by atoms with Gasteiger partial charge in [0.05, 0.1) is 12.8 Å². The van der Waals surface area contributed by atoms with Gasteiger partial charge in [0.15, 0.2) is 0 Å². The van der Waals surface area contributed by atoms with Crippen LogP contribution in [-0.4, -0.2) is 46.8 Å². The molecular formula is C12H17N3O3. The number of amides is 1. The number of carbonyl (C=O) groups is 1. The zero-order valence-electron chi connectivity index (χ0n) is 10.4. The Morgan fingerprint density at radius 3 is 2.83 bits per heavy atom. The summed E-state index contributed by atoms with van der Waals surface area (Å²) in [5.74, 6) is 0.534. The summed E-state index contributed by atoms with van der Waals surface area (Å²) >= 11 is 0. The Hall–Kier alpha value is -1.85. The molecule has 0 aliphatic carbocycles. The lowest BCUT2D eigenvalue weighted by molar-refractivity contribution is 0.0686. The van der Waals surface area contributed by atoms with Crippen LogP contribution < -0.4 is 4.74 Å². The van der Waals surface area contributed by atoms with Gasteiger partial charge in [-0.3, -0.25) is 4.98 Å². The zero-order valence-corrected chi connectivity index (χ0v) is 10.4. The van der Waals surface area contributed by atoms with Crippen LogP contribution in [0.3, 0.4) is 0 Å². The van der Waals surface area contributed by atoms with Crippen LogP contribution in [0.4, 0.5) is 4.79 Å². The molecule has 0 radical (unpaired) electrons. The highest BCUT2D eigenvalue weighted by molar-refractivity contribution is 5.67. The highest BCUT2D eigenvalue weighted by atomic mass is 16.6. The molecule has 6 heteroatoms. The number of carbonyl (C=O) groups excluding carboxylic acids is 1. The topological polar surface area (TPSA) is 64.5 Å². The lowest BCUT2D eigenvalue weighted by Gasteiger charge is -2.30. The van der Waals surface area contributed by atoms with Crippen LogP contribution in [0.1, 0.15) is 19.8 Å². The van der Waals surface area contributed by atoms with Gasteiger partial charge in [0, 0.05) is 38.3 Å². The second-order valence-electron chi connectivity index (χ2n) is 4.05. The van der Waals surface area contributed by atoms with Crippen molar-refractivity contribution in [3.05, 3.63) is 18.6 Å². The maximum atomic E-state index is 11.5. The van der Waals surface area contributed by atoms with Crippen molar-refractivity contribution >= 4 is 6.09 Å². The largest absolute Gasteiger partial charge is 0.473 e. The number of likely N-dealkylation sites (tertiary alicyclic amines) is 1. The molecule has 1 aliphatic heterocycles. The molecule has 1 aromatic rings. The molecule has 2 heterocycles. The molecule has 18 heavy (non-hydrogen) atoms. The van der Waals surface area contributed by atoms with Gasteiger partial charge in [-0.15, -0.1) is 0 Å². The summed E-state index contributed by atoms with van der Waals surface area (Å²) in [7, 11) is 0. The van der Waals surface area contributed by atoms with Gasteiger partial charge in [0.1, 0.15) is 6.10 Å². The predicted octanol–water partition coefficient (Wildman–Crippen LogP) is 1.48. The number of ether oxygens (including phenoxy) is 2. The van der Waals surface area contributed by atoms with Crippen LogP contribution in [0.2, 0.25) is 0 Å². The van der Waals surface area contributed by atoms with Crippen LogP contribution in [0, 0.1) is 0 Å². The van der Waals surface area contributed by atoms with Crippen molar-refractivity contribution in [2.45, 2.75) is 25.9 Å². The number of nitrogens with zero attached hydrogens (tertiary/aromatic N) is 3. The quantitative estimate of drug-likeness (QED) is 0.814. The van der Waals surface area contributed by atoms with E-state index in [0.29, 0.717) is 25.6 Å². The minimum absolute atomic E-state index is 0.0902. The van der Waals surface area contributed by atoms with E-state index >= 15 is 0 Å². The molecule has 1 aromatic heterocycles. The molecule has 0 N–H and O–H groups in total. The Bertz CT molecular complexity index is 377. The molecule has 0 atom stereocenters. The lowest BCUT2D eigenvalue weighted by Crippen LogP contribution is -2.42. The van der Waals surface area contributed by atoms with E-state index in [1.54, 1.807) is 23.5 Å². The van der Waals surface area contributed by atoms with E-state index < -0.39 is 0 Å². The molecule has 1 aliphatic rings. The first kappa shape index (κ1) is 12.6. The van der Waals surface area contributed by atoms with Crippen molar-refractivity contribution in [3.63, 3.8) is 0 Å². The lowest BCUT2D eigenvalue weighted by atomic mass is 10.1. The van der Waals surface area contributed by atoms with E-state index in [4.69, 9.17) is 9.47 Å². The van der Waals surface area contributed by atoms with Gasteiger partial charge in [0.2, 0.25) is 5.88 Å². The van der Waals surface area contributed by atoms with Crippen LogP contribution in [0.15, 0.2) is 18.6 Å². The van der Waals surface area contributed by atoms with Gasteiger partial charge in [-0.05, 0) is 6.92 Å². The van der Waals surface area contributed by atoms with E-state index in [1.807, 2.05) is 6.92 Å². The third-order valence-corrected chi connectivity index (χ3v) is 2.79. The summed E-state index contributed by atoms with van der Waals surface area (Å²) in [4.78, 5) is 21.2. The Balaban J connectivity index is 1.78. The minimum Gasteiger partial charge on any atom is -0.473 e. The van der Waals surface area contributed by atoms with Gasteiger partial charge in [-0.25, -0.2) is 9.78 Å². The fraction of sp³-hybridized carbons (Fsp3) is 0.583. The van der Waals surface area contributed by atoms with E-state index in [2.05, 4.69) is 9.97 Å². The SMILES string of the molecule is CCOC(=O)N1CCC(Oc2cnccn2)CC1. The number of hydrogen-bond acceptors (Lipinski definition) is 5. The first-order valence-corrected chi connectivity index (χ1v) is 6.14. The zero-order chi connectivity index (χ0) is 12.8. The van der Waals surface area contributed by atoms with E-state index in [0.717, 1.165) is 12.8 Å². The molecule has 6 nitrogen and oxygen atoms in total. The molecule has 2 rings (SSSR count). The average Bonchev–Trinajstić information content (AvgIpc) is 2.41. The van der Waals surface area contributed by atoms with Gasteiger partial charge < -0.3 is 14.4 Å². The summed E-state index contributed by atoms with van der Waals surface area (Å²) in [6.45, 7) is 3.53. The monoisotopic (exact) mass is 251 g/mol. The van der Waals surface area contributed by atoms with Crippen molar-refractivity contribution in [1.82, 2.24) is 14.9 Å². The summed E-state index contributed by atoms with van der Waals surface area (Å²) in [6.07, 6.45) is 6.23. The molecular weight excluding hydrogens is 234 g/mol. The number of hydrogen-bond donors (Lipinski definition) is 0. The number of piperidine rings is 1. The second kappa shape index (κ2) is 6.18. The molecule has 0 spiro atoms. The maximum absolute atomic E-state index is 11.5. The average molecular weight is 251 g/mol. The number of rotatable bonds is 3. The summed E-state index contributed by atoms with van der Waals surface area (Å²) in [5.41, 5.74) is 0. The summed E-state index contributed by atoms with van der Waals surface area (Å²) in [6, 6.07) is 0. The Morgan fingerprint density at radius 1 is 1.44 bits per heavy atom. The van der Waals surface area contributed by atoms with E-state index in [-0.39, 0.29) is 12.2 Å². The second-order valence-corrected chi connectivity index (χ2v) is 4.05. The smallest absolute Gasteiger partial charge is 0.409 e. The fourth-order valence-electron chi connectivity index (χ4n) is 1.89. The molecule has 1 saturated heterocycles. The molecule has 0 unspecified atom stereocenters. The standard InChI is InChI=1S/C12H17N3O3/c1-2-17-12(16)15-7-3-10(4-8-15)18-11-9-13-5-6-14-11/h5-6,9-10H,2-4,7-8H2,1H3. The maximum Gasteiger partial charge on any atom is 0.409 e. The minimum atomic E-state index is -0.240. The summed E-state index contributed by atoms with van der Waals surface area (Å²) < 4.78 is 10.6. The molecule has 0 bridgehead atoms. The fourth-order valence-corrected chi connectivity index (χ4v) is 1.89. The van der Waals surface area contributed by atoms with Crippen molar-refractivity contribution in [3.8, 4) is 5.88 Å². The normalized spacial score (nSPS) is 16.4. The van der Waals surface area contributed by atoms with Crippen LogP contribution >= 0.6 is 0 Å². The van der Waals surface area contributed by atoms with Gasteiger partial charge >= 0.3 is 6.09 Å². The van der Waals surface area contributed by atoms with Gasteiger partial charge in [-0.1, -0.05) is 0 Å². The Kier molecular flexibility index (Phi) is 4.33. The molecule has 98 valence electrons. The van der Waals surface area contributed by atoms with Gasteiger partial charge in [0.25, 0.3) is 0 Å². The number of aromatic nitrogens is 2.